The van der Waals surface area contributed by atoms with Gasteiger partial charge in [-0.15, -0.1) is 0 Å². The van der Waals surface area contributed by atoms with E-state index in [2.05, 4.69) is 5.48 Å². The van der Waals surface area contributed by atoms with Crippen molar-refractivity contribution in [3.8, 4) is 0 Å². The maximum absolute atomic E-state index is 12.9. The third kappa shape index (κ3) is 3.56. The first-order valence-electron chi connectivity index (χ1n) is 4.61. The number of carbonyl (C=O) groups excluding carboxylic acids is 1. The monoisotopic (exact) mass is 230 g/mol. The fourth-order valence-electron chi connectivity index (χ4n) is 1.09. The Morgan fingerprint density at radius 1 is 1.50 bits per heavy atom. The number of rotatable bonds is 5. The molecule has 0 saturated heterocycles. The molecule has 1 aromatic carbocycles. The Balaban J connectivity index is 2.55. The number of hydrogen-bond donors (Lipinski definition) is 2. The predicted octanol–water partition coefficient (Wildman–Crippen LogP) is 1.03. The van der Waals surface area contributed by atoms with Gasteiger partial charge in [0.2, 0.25) is 5.91 Å². The topological polar surface area (TPSA) is 64.3 Å². The number of halogens is 2. The lowest BCUT2D eigenvalue weighted by Crippen LogP contribution is -2.26. The molecule has 1 aromatic rings. The van der Waals surface area contributed by atoms with Crippen molar-refractivity contribution >= 4 is 5.91 Å². The summed E-state index contributed by atoms with van der Waals surface area (Å²) in [5.41, 5.74) is 7.84. The van der Waals surface area contributed by atoms with E-state index < -0.39 is 17.5 Å². The van der Waals surface area contributed by atoms with Gasteiger partial charge in [0.05, 0.1) is 6.04 Å². The van der Waals surface area contributed by atoms with Gasteiger partial charge in [-0.1, -0.05) is 6.07 Å². The summed E-state index contributed by atoms with van der Waals surface area (Å²) in [5, 5.41) is 0. The Morgan fingerprint density at radius 2 is 2.19 bits per heavy atom. The SMILES string of the molecule is CC(NOCC(N)=O)c1ccc(F)c(F)c1. The van der Waals surface area contributed by atoms with E-state index in [1.54, 1.807) is 6.92 Å². The Hall–Kier alpha value is -1.53. The van der Waals surface area contributed by atoms with E-state index >= 15 is 0 Å². The van der Waals surface area contributed by atoms with Crippen molar-refractivity contribution in [2.24, 2.45) is 5.73 Å². The number of carbonyl (C=O) groups is 1. The lowest BCUT2D eigenvalue weighted by Gasteiger charge is -2.13. The Kier molecular flexibility index (Phi) is 4.33. The second kappa shape index (κ2) is 5.53. The molecule has 6 heteroatoms. The highest BCUT2D eigenvalue weighted by Gasteiger charge is 2.09. The van der Waals surface area contributed by atoms with Crippen LogP contribution in [0.3, 0.4) is 0 Å². The quantitative estimate of drug-likeness (QED) is 0.742. The van der Waals surface area contributed by atoms with E-state index in [4.69, 9.17) is 10.6 Å². The van der Waals surface area contributed by atoms with Gasteiger partial charge < -0.3 is 5.73 Å². The Labute approximate surface area is 91.3 Å². The third-order valence-electron chi connectivity index (χ3n) is 1.92. The molecule has 1 unspecified atom stereocenters. The number of amides is 1. The summed E-state index contributed by atoms with van der Waals surface area (Å²) >= 11 is 0. The zero-order valence-corrected chi connectivity index (χ0v) is 8.67. The van der Waals surface area contributed by atoms with Crippen LogP contribution in [0.4, 0.5) is 8.78 Å². The Bertz CT molecular complexity index is 385. The third-order valence-corrected chi connectivity index (χ3v) is 1.92. The lowest BCUT2D eigenvalue weighted by molar-refractivity contribution is -0.126. The highest BCUT2D eigenvalue weighted by molar-refractivity contribution is 5.74. The second-order valence-corrected chi connectivity index (χ2v) is 3.27. The van der Waals surface area contributed by atoms with Gasteiger partial charge in [-0.05, 0) is 24.6 Å². The summed E-state index contributed by atoms with van der Waals surface area (Å²) in [6, 6.07) is 3.12. The summed E-state index contributed by atoms with van der Waals surface area (Å²) in [6.45, 7) is 1.39. The zero-order chi connectivity index (χ0) is 12.1. The van der Waals surface area contributed by atoms with Crippen molar-refractivity contribution in [2.45, 2.75) is 13.0 Å². The summed E-state index contributed by atoms with van der Waals surface area (Å²) < 4.78 is 25.5. The molecule has 0 aliphatic heterocycles. The van der Waals surface area contributed by atoms with Gasteiger partial charge in [0, 0.05) is 0 Å². The molecule has 88 valence electrons. The number of hydroxylamine groups is 1. The highest BCUT2D eigenvalue weighted by Crippen LogP contribution is 2.15. The van der Waals surface area contributed by atoms with Crippen LogP contribution in [0.2, 0.25) is 0 Å². The number of hydrogen-bond acceptors (Lipinski definition) is 3. The van der Waals surface area contributed by atoms with Gasteiger partial charge in [-0.25, -0.2) is 8.78 Å². The number of nitrogens with one attached hydrogen (secondary N) is 1. The normalized spacial score (nSPS) is 12.4. The zero-order valence-electron chi connectivity index (χ0n) is 8.67. The van der Waals surface area contributed by atoms with Gasteiger partial charge in [0.15, 0.2) is 11.6 Å². The molecule has 0 aliphatic carbocycles. The molecule has 1 rings (SSSR count). The van der Waals surface area contributed by atoms with Crippen LogP contribution in [0.15, 0.2) is 18.2 Å². The lowest BCUT2D eigenvalue weighted by atomic mass is 10.1. The molecular formula is C10H12F2N2O2. The van der Waals surface area contributed by atoms with Crippen LogP contribution >= 0.6 is 0 Å². The molecule has 0 bridgehead atoms. The van der Waals surface area contributed by atoms with Crippen LogP contribution in [-0.4, -0.2) is 12.5 Å². The summed E-state index contributed by atoms with van der Waals surface area (Å²) in [6.07, 6.45) is 0. The minimum atomic E-state index is -0.930. The van der Waals surface area contributed by atoms with E-state index in [0.717, 1.165) is 12.1 Å². The maximum Gasteiger partial charge on any atom is 0.245 e. The second-order valence-electron chi connectivity index (χ2n) is 3.27. The van der Waals surface area contributed by atoms with Crippen LogP contribution in [-0.2, 0) is 9.63 Å². The first kappa shape index (κ1) is 12.5. The maximum atomic E-state index is 12.9. The van der Waals surface area contributed by atoms with Crippen molar-refractivity contribution in [2.75, 3.05) is 6.61 Å². The molecule has 0 aliphatic rings. The molecule has 4 nitrogen and oxygen atoms in total. The first-order valence-corrected chi connectivity index (χ1v) is 4.61. The molecular weight excluding hydrogens is 218 g/mol. The molecule has 1 atom stereocenters. The molecule has 16 heavy (non-hydrogen) atoms. The van der Waals surface area contributed by atoms with Crippen LogP contribution in [0, 0.1) is 11.6 Å². The smallest absolute Gasteiger partial charge is 0.245 e. The largest absolute Gasteiger partial charge is 0.368 e. The van der Waals surface area contributed by atoms with Crippen molar-refractivity contribution in [1.82, 2.24) is 5.48 Å². The van der Waals surface area contributed by atoms with E-state index in [1.807, 2.05) is 0 Å². The number of benzene rings is 1. The van der Waals surface area contributed by atoms with E-state index in [-0.39, 0.29) is 12.6 Å². The van der Waals surface area contributed by atoms with Crippen LogP contribution in [0.1, 0.15) is 18.5 Å². The molecule has 0 aromatic heterocycles. The molecule has 0 fully saturated rings. The predicted molar refractivity (Wildman–Crippen MR) is 53.1 cm³/mol. The number of nitrogens with two attached hydrogens (primary N) is 1. The van der Waals surface area contributed by atoms with E-state index in [1.165, 1.54) is 6.07 Å². The molecule has 3 N–H and O–H groups in total. The van der Waals surface area contributed by atoms with Gasteiger partial charge in [-0.3, -0.25) is 9.63 Å². The van der Waals surface area contributed by atoms with E-state index in [9.17, 15) is 13.6 Å². The van der Waals surface area contributed by atoms with Crippen molar-refractivity contribution < 1.29 is 18.4 Å². The van der Waals surface area contributed by atoms with E-state index in [0.29, 0.717) is 5.56 Å². The summed E-state index contributed by atoms with van der Waals surface area (Å²) in [5.74, 6) is -2.46. The van der Waals surface area contributed by atoms with Gasteiger partial charge in [0.25, 0.3) is 0 Å². The van der Waals surface area contributed by atoms with Crippen LogP contribution in [0.25, 0.3) is 0 Å². The molecule has 0 spiro atoms. The fourth-order valence-corrected chi connectivity index (χ4v) is 1.09. The first-order chi connectivity index (χ1) is 7.50. The van der Waals surface area contributed by atoms with Crippen LogP contribution in [0.5, 0.6) is 0 Å². The van der Waals surface area contributed by atoms with Crippen molar-refractivity contribution in [3.63, 3.8) is 0 Å². The van der Waals surface area contributed by atoms with Gasteiger partial charge in [-0.2, -0.15) is 5.48 Å². The molecule has 0 radical (unpaired) electrons. The molecule has 0 saturated carbocycles. The average molecular weight is 230 g/mol. The van der Waals surface area contributed by atoms with Gasteiger partial charge >= 0.3 is 0 Å². The Morgan fingerprint density at radius 3 is 2.75 bits per heavy atom. The summed E-state index contributed by atoms with van der Waals surface area (Å²) in [7, 11) is 0. The summed E-state index contributed by atoms with van der Waals surface area (Å²) in [4.78, 5) is 15.1. The number of primary amides is 1. The minimum absolute atomic E-state index is 0.284. The fraction of sp³-hybridized carbons (Fsp3) is 0.300. The van der Waals surface area contributed by atoms with Crippen molar-refractivity contribution in [1.29, 1.82) is 0 Å². The van der Waals surface area contributed by atoms with Crippen LogP contribution < -0.4 is 11.2 Å². The van der Waals surface area contributed by atoms with Gasteiger partial charge in [0.1, 0.15) is 6.61 Å². The highest BCUT2D eigenvalue weighted by atomic mass is 19.2. The average Bonchev–Trinajstić information content (AvgIpc) is 2.21. The van der Waals surface area contributed by atoms with Crippen molar-refractivity contribution in [3.05, 3.63) is 35.4 Å². The minimum Gasteiger partial charge on any atom is -0.368 e. The standard InChI is InChI=1S/C10H12F2N2O2/c1-6(14-16-5-10(13)15)7-2-3-8(11)9(12)4-7/h2-4,6,14H,5H2,1H3,(H2,13,15). The molecule has 1 amide bonds. The molecule has 0 heterocycles.